The van der Waals surface area contributed by atoms with Crippen LogP contribution in [0.25, 0.3) is 0 Å². The molecule has 0 aromatic heterocycles. The third-order valence-electron chi connectivity index (χ3n) is 3.70. The zero-order valence-corrected chi connectivity index (χ0v) is 9.50. The van der Waals surface area contributed by atoms with Crippen molar-refractivity contribution < 1.29 is 0 Å². The largest absolute Gasteiger partial charge is 0.313 e. The van der Waals surface area contributed by atoms with Crippen LogP contribution in [0, 0.1) is 5.92 Å². The molecular formula is C13H16ClN. The highest BCUT2D eigenvalue weighted by Gasteiger charge is 2.36. The number of halogens is 1. The molecule has 1 aromatic carbocycles. The maximum Gasteiger partial charge on any atom is 0.0406 e. The fraction of sp³-hybridized carbons (Fsp3) is 0.538. The van der Waals surface area contributed by atoms with Gasteiger partial charge in [0.25, 0.3) is 0 Å². The lowest BCUT2D eigenvalue weighted by Crippen LogP contribution is -2.22. The lowest BCUT2D eigenvalue weighted by Gasteiger charge is -2.09. The summed E-state index contributed by atoms with van der Waals surface area (Å²) in [5, 5.41) is 4.49. The van der Waals surface area contributed by atoms with Crippen LogP contribution < -0.4 is 5.32 Å². The number of hydrogen-bond acceptors (Lipinski definition) is 1. The average Bonchev–Trinajstić information content (AvgIpc) is 2.99. The Morgan fingerprint density at radius 2 is 1.87 bits per heavy atom. The van der Waals surface area contributed by atoms with Gasteiger partial charge in [-0.3, -0.25) is 0 Å². The van der Waals surface area contributed by atoms with E-state index in [1.807, 2.05) is 12.1 Å². The van der Waals surface area contributed by atoms with Gasteiger partial charge in [0, 0.05) is 17.6 Å². The van der Waals surface area contributed by atoms with Crippen molar-refractivity contribution in [3.63, 3.8) is 0 Å². The third-order valence-corrected chi connectivity index (χ3v) is 3.95. The Kier molecular flexibility index (Phi) is 2.45. The summed E-state index contributed by atoms with van der Waals surface area (Å²) >= 11 is 5.89. The van der Waals surface area contributed by atoms with Crippen LogP contribution in [0.3, 0.4) is 0 Å². The summed E-state index contributed by atoms with van der Waals surface area (Å²) in [7, 11) is 0. The Labute approximate surface area is 95.8 Å². The lowest BCUT2D eigenvalue weighted by atomic mass is 9.95. The minimum Gasteiger partial charge on any atom is -0.313 e. The highest BCUT2D eigenvalue weighted by atomic mass is 35.5. The second kappa shape index (κ2) is 3.80. The maximum atomic E-state index is 5.89. The molecule has 1 saturated carbocycles. The summed E-state index contributed by atoms with van der Waals surface area (Å²) in [4.78, 5) is 0. The first-order chi connectivity index (χ1) is 7.33. The molecule has 0 radical (unpaired) electrons. The van der Waals surface area contributed by atoms with Gasteiger partial charge in [-0.05, 0) is 48.8 Å². The smallest absolute Gasteiger partial charge is 0.0406 e. The summed E-state index contributed by atoms with van der Waals surface area (Å²) < 4.78 is 0. The van der Waals surface area contributed by atoms with Crippen LogP contribution in [0.15, 0.2) is 24.3 Å². The van der Waals surface area contributed by atoms with Gasteiger partial charge in [-0.25, -0.2) is 0 Å². The second-order valence-electron chi connectivity index (χ2n) is 4.84. The van der Waals surface area contributed by atoms with E-state index in [2.05, 4.69) is 17.4 Å². The molecule has 2 heteroatoms. The summed E-state index contributed by atoms with van der Waals surface area (Å²) in [6, 6.07) is 9.13. The molecule has 1 N–H and O–H groups in total. The molecule has 80 valence electrons. The van der Waals surface area contributed by atoms with Crippen molar-refractivity contribution in [1.82, 2.24) is 5.32 Å². The van der Waals surface area contributed by atoms with Crippen LogP contribution in [0.1, 0.15) is 30.7 Å². The van der Waals surface area contributed by atoms with Gasteiger partial charge in [-0.1, -0.05) is 23.7 Å². The van der Waals surface area contributed by atoms with E-state index < -0.39 is 0 Å². The number of nitrogens with one attached hydrogen (secondary N) is 1. The number of benzene rings is 1. The third kappa shape index (κ3) is 2.04. The molecule has 1 aliphatic carbocycles. The Morgan fingerprint density at radius 3 is 2.53 bits per heavy atom. The predicted molar refractivity (Wildman–Crippen MR) is 63.3 cm³/mol. The van der Waals surface area contributed by atoms with Crippen molar-refractivity contribution in [2.24, 2.45) is 5.92 Å². The Bertz CT molecular complexity index is 342. The van der Waals surface area contributed by atoms with Gasteiger partial charge < -0.3 is 5.32 Å². The molecule has 0 spiro atoms. The Morgan fingerprint density at radius 1 is 1.13 bits per heavy atom. The molecular weight excluding hydrogens is 206 g/mol. The van der Waals surface area contributed by atoms with Gasteiger partial charge in [0.1, 0.15) is 0 Å². The first kappa shape index (κ1) is 9.68. The van der Waals surface area contributed by atoms with Crippen molar-refractivity contribution in [2.45, 2.75) is 31.2 Å². The number of hydrogen-bond donors (Lipinski definition) is 1. The van der Waals surface area contributed by atoms with E-state index in [0.29, 0.717) is 5.92 Å². The van der Waals surface area contributed by atoms with E-state index in [-0.39, 0.29) is 0 Å². The summed E-state index contributed by atoms with van der Waals surface area (Å²) in [6.07, 6.45) is 4.18. The molecule has 1 aliphatic heterocycles. The van der Waals surface area contributed by atoms with Crippen molar-refractivity contribution >= 4 is 11.6 Å². The van der Waals surface area contributed by atoms with Crippen molar-refractivity contribution in [1.29, 1.82) is 0 Å². The Hall–Kier alpha value is -0.530. The van der Waals surface area contributed by atoms with Crippen LogP contribution in [-0.4, -0.2) is 12.6 Å². The SMILES string of the molecule is Clc1ccc([C@@H]2CN[C@H](C3CC3)C2)cc1. The predicted octanol–water partition coefficient (Wildman–Crippen LogP) is 3.20. The normalized spacial score (nSPS) is 30.7. The van der Waals surface area contributed by atoms with Gasteiger partial charge in [0.15, 0.2) is 0 Å². The van der Waals surface area contributed by atoms with E-state index in [1.165, 1.54) is 24.8 Å². The van der Waals surface area contributed by atoms with Crippen LogP contribution in [0.4, 0.5) is 0 Å². The fourth-order valence-corrected chi connectivity index (χ4v) is 2.74. The molecule has 0 unspecified atom stereocenters. The zero-order chi connectivity index (χ0) is 10.3. The lowest BCUT2D eigenvalue weighted by molar-refractivity contribution is 0.535. The molecule has 2 aliphatic rings. The maximum absolute atomic E-state index is 5.89. The molecule has 1 aromatic rings. The van der Waals surface area contributed by atoms with Gasteiger partial charge in [-0.2, -0.15) is 0 Å². The topological polar surface area (TPSA) is 12.0 Å². The standard InChI is InChI=1S/C13H16ClN/c14-12-5-3-9(4-6-12)11-7-13(15-8-11)10-1-2-10/h3-6,10-11,13,15H,1-2,7-8H2/t11-,13-/m0/s1. The van der Waals surface area contributed by atoms with Crippen molar-refractivity contribution in [3.8, 4) is 0 Å². The summed E-state index contributed by atoms with van der Waals surface area (Å²) in [5.41, 5.74) is 1.44. The van der Waals surface area contributed by atoms with Crippen molar-refractivity contribution in [3.05, 3.63) is 34.9 Å². The summed E-state index contributed by atoms with van der Waals surface area (Å²) in [6.45, 7) is 1.14. The zero-order valence-electron chi connectivity index (χ0n) is 8.75. The Balaban J connectivity index is 1.70. The summed E-state index contributed by atoms with van der Waals surface area (Å²) in [5.74, 6) is 1.68. The van der Waals surface area contributed by atoms with Crippen molar-refractivity contribution in [2.75, 3.05) is 6.54 Å². The van der Waals surface area contributed by atoms with Gasteiger partial charge in [0.2, 0.25) is 0 Å². The first-order valence-electron chi connectivity index (χ1n) is 5.82. The van der Waals surface area contributed by atoms with E-state index in [4.69, 9.17) is 11.6 Å². The van der Waals surface area contributed by atoms with Crippen LogP contribution in [-0.2, 0) is 0 Å². The number of rotatable bonds is 2. The molecule has 1 heterocycles. The fourth-order valence-electron chi connectivity index (χ4n) is 2.61. The van der Waals surface area contributed by atoms with Gasteiger partial charge >= 0.3 is 0 Å². The first-order valence-corrected chi connectivity index (χ1v) is 6.19. The quantitative estimate of drug-likeness (QED) is 0.809. The highest BCUT2D eigenvalue weighted by Crippen LogP contribution is 2.39. The van der Waals surface area contributed by atoms with Gasteiger partial charge in [0.05, 0.1) is 0 Å². The van der Waals surface area contributed by atoms with Crippen LogP contribution >= 0.6 is 11.6 Å². The van der Waals surface area contributed by atoms with Crippen LogP contribution in [0.2, 0.25) is 5.02 Å². The molecule has 2 atom stereocenters. The molecule has 3 rings (SSSR count). The highest BCUT2D eigenvalue weighted by molar-refractivity contribution is 6.30. The van der Waals surface area contributed by atoms with E-state index in [0.717, 1.165) is 23.5 Å². The monoisotopic (exact) mass is 221 g/mol. The van der Waals surface area contributed by atoms with Gasteiger partial charge in [-0.15, -0.1) is 0 Å². The minimum atomic E-state index is 0.702. The molecule has 15 heavy (non-hydrogen) atoms. The minimum absolute atomic E-state index is 0.702. The average molecular weight is 222 g/mol. The van der Waals surface area contributed by atoms with Crippen LogP contribution in [0.5, 0.6) is 0 Å². The molecule has 0 amide bonds. The molecule has 2 fully saturated rings. The molecule has 0 bridgehead atoms. The van der Waals surface area contributed by atoms with E-state index >= 15 is 0 Å². The molecule has 1 saturated heterocycles. The second-order valence-corrected chi connectivity index (χ2v) is 5.27. The molecule has 1 nitrogen and oxygen atoms in total. The van der Waals surface area contributed by atoms with E-state index in [9.17, 15) is 0 Å². The van der Waals surface area contributed by atoms with E-state index in [1.54, 1.807) is 0 Å².